The van der Waals surface area contributed by atoms with Crippen LogP contribution < -0.4 is 0 Å². The molecule has 2 aromatic rings. The number of likely N-dealkylation sites (tertiary alicyclic amines) is 1. The smallest absolute Gasteiger partial charge is 0.343 e. The molecule has 0 spiro atoms. The minimum Gasteiger partial charge on any atom is -0.463 e. The summed E-state index contributed by atoms with van der Waals surface area (Å²) in [5.41, 5.74) is -0.947. The van der Waals surface area contributed by atoms with Crippen molar-refractivity contribution in [2.45, 2.75) is 56.5 Å². The van der Waals surface area contributed by atoms with Gasteiger partial charge in [0, 0.05) is 30.8 Å². The first-order valence-corrected chi connectivity index (χ1v) is 11.6. The third-order valence-corrected chi connectivity index (χ3v) is 6.80. The molecular weight excluding hydrogens is 390 g/mol. The van der Waals surface area contributed by atoms with Crippen LogP contribution in [0.1, 0.15) is 62.3 Å². The number of nitrogens with zero attached hydrogens (tertiary/aromatic N) is 3. The van der Waals surface area contributed by atoms with E-state index in [1.165, 1.54) is 12.8 Å². The molecule has 1 unspecified atom stereocenters. The molecule has 2 fully saturated rings. The molecule has 1 N–H and O–H groups in total. The van der Waals surface area contributed by atoms with Gasteiger partial charge < -0.3 is 14.7 Å². The van der Waals surface area contributed by atoms with E-state index in [1.54, 1.807) is 12.4 Å². The fourth-order valence-electron chi connectivity index (χ4n) is 5.06. The molecule has 6 heteroatoms. The zero-order valence-electron chi connectivity index (χ0n) is 18.2. The van der Waals surface area contributed by atoms with Crippen molar-refractivity contribution in [1.29, 1.82) is 0 Å². The summed E-state index contributed by atoms with van der Waals surface area (Å²) in [7, 11) is 0. The number of ether oxygens (including phenoxy) is 1. The molecule has 31 heavy (non-hydrogen) atoms. The van der Waals surface area contributed by atoms with Crippen LogP contribution in [0.15, 0.2) is 48.8 Å². The summed E-state index contributed by atoms with van der Waals surface area (Å²) in [4.78, 5) is 24.5. The van der Waals surface area contributed by atoms with Gasteiger partial charge in [-0.1, -0.05) is 43.2 Å². The molecule has 0 amide bonds. The van der Waals surface area contributed by atoms with E-state index < -0.39 is 11.6 Å². The topological polar surface area (TPSA) is 75.5 Å². The molecule has 6 nitrogen and oxygen atoms in total. The predicted octanol–water partition coefficient (Wildman–Crippen LogP) is 3.67. The first kappa shape index (κ1) is 21.9. The van der Waals surface area contributed by atoms with Crippen LogP contribution in [-0.2, 0) is 15.1 Å². The highest BCUT2D eigenvalue weighted by Gasteiger charge is 2.47. The molecule has 1 aliphatic carbocycles. The van der Waals surface area contributed by atoms with Crippen molar-refractivity contribution in [2.24, 2.45) is 5.92 Å². The van der Waals surface area contributed by atoms with Gasteiger partial charge in [0.15, 0.2) is 5.60 Å². The number of carbonyl (C=O) groups excluding carboxylic acids is 1. The van der Waals surface area contributed by atoms with Crippen LogP contribution in [0.3, 0.4) is 0 Å². The summed E-state index contributed by atoms with van der Waals surface area (Å²) in [6, 6.07) is 11.1. The highest BCUT2D eigenvalue weighted by Crippen LogP contribution is 2.41. The van der Waals surface area contributed by atoms with Gasteiger partial charge in [-0.15, -0.1) is 0 Å². The summed E-state index contributed by atoms with van der Waals surface area (Å²) in [5.74, 6) is 0.266. The minimum atomic E-state index is -1.58. The molecule has 1 aromatic heterocycles. The van der Waals surface area contributed by atoms with Crippen LogP contribution in [0.5, 0.6) is 0 Å². The Balaban J connectivity index is 1.43. The minimum absolute atomic E-state index is 0.0970. The van der Waals surface area contributed by atoms with Crippen LogP contribution >= 0.6 is 0 Å². The molecule has 2 atom stereocenters. The van der Waals surface area contributed by atoms with Crippen LogP contribution in [0.4, 0.5) is 0 Å². The Morgan fingerprint density at radius 1 is 1.06 bits per heavy atom. The first-order chi connectivity index (χ1) is 15.2. The average Bonchev–Trinajstić information content (AvgIpc) is 3.54. The van der Waals surface area contributed by atoms with E-state index in [0.29, 0.717) is 12.0 Å². The molecular formula is C25H33N3O3. The van der Waals surface area contributed by atoms with Crippen molar-refractivity contribution in [2.75, 3.05) is 26.2 Å². The number of carbonyl (C=O) groups is 1. The molecule has 1 aliphatic heterocycles. The highest BCUT2D eigenvalue weighted by molar-refractivity contribution is 5.81. The Labute approximate surface area is 184 Å². The van der Waals surface area contributed by atoms with E-state index in [2.05, 4.69) is 14.9 Å². The Bertz CT molecular complexity index is 820. The van der Waals surface area contributed by atoms with E-state index in [4.69, 9.17) is 4.74 Å². The summed E-state index contributed by atoms with van der Waals surface area (Å²) >= 11 is 0. The first-order valence-electron chi connectivity index (χ1n) is 11.6. The van der Waals surface area contributed by atoms with Crippen molar-refractivity contribution in [3.05, 3.63) is 60.2 Å². The zero-order chi connectivity index (χ0) is 21.5. The molecule has 0 radical (unpaired) electrons. The molecule has 0 bridgehead atoms. The normalized spacial score (nSPS) is 20.4. The maximum atomic E-state index is 13.2. The van der Waals surface area contributed by atoms with Crippen molar-refractivity contribution in [3.63, 3.8) is 0 Å². The molecule has 2 heterocycles. The molecule has 4 rings (SSSR count). The maximum absolute atomic E-state index is 13.2. The summed E-state index contributed by atoms with van der Waals surface area (Å²) in [6.45, 7) is 3.31. The summed E-state index contributed by atoms with van der Waals surface area (Å²) < 4.78 is 5.73. The monoisotopic (exact) mass is 423 g/mol. The fraction of sp³-hybridized carbons (Fsp3) is 0.560. The fourth-order valence-corrected chi connectivity index (χ4v) is 5.06. The van der Waals surface area contributed by atoms with Crippen LogP contribution in [-0.4, -0.2) is 52.2 Å². The molecule has 2 aliphatic rings. The zero-order valence-corrected chi connectivity index (χ0v) is 18.2. The predicted molar refractivity (Wildman–Crippen MR) is 118 cm³/mol. The Morgan fingerprint density at radius 2 is 1.74 bits per heavy atom. The lowest BCUT2D eigenvalue weighted by Gasteiger charge is -2.32. The second-order valence-corrected chi connectivity index (χ2v) is 8.85. The van der Waals surface area contributed by atoms with E-state index in [0.717, 1.165) is 51.1 Å². The SMILES string of the molecule is O=C(OCC[C@@H](CN1CCCC1)c1ncccn1)C(O)(c1ccccc1)C1CCCC1. The number of hydrogen-bond acceptors (Lipinski definition) is 6. The highest BCUT2D eigenvalue weighted by atomic mass is 16.5. The lowest BCUT2D eigenvalue weighted by atomic mass is 9.80. The van der Waals surface area contributed by atoms with Crippen molar-refractivity contribution < 1.29 is 14.6 Å². The van der Waals surface area contributed by atoms with E-state index >= 15 is 0 Å². The number of esters is 1. The number of aliphatic hydroxyl groups is 1. The molecule has 166 valence electrons. The van der Waals surface area contributed by atoms with Crippen molar-refractivity contribution >= 4 is 5.97 Å². The van der Waals surface area contributed by atoms with Crippen LogP contribution in [0.25, 0.3) is 0 Å². The van der Waals surface area contributed by atoms with Gasteiger partial charge in [0.2, 0.25) is 0 Å². The van der Waals surface area contributed by atoms with Gasteiger partial charge in [-0.05, 0) is 56.8 Å². The number of hydrogen-bond donors (Lipinski definition) is 1. The number of benzene rings is 1. The van der Waals surface area contributed by atoms with Crippen LogP contribution in [0.2, 0.25) is 0 Å². The summed E-state index contributed by atoms with van der Waals surface area (Å²) in [6.07, 6.45) is 10.4. The van der Waals surface area contributed by atoms with Gasteiger partial charge in [0.25, 0.3) is 0 Å². The second-order valence-electron chi connectivity index (χ2n) is 8.85. The van der Waals surface area contributed by atoms with Gasteiger partial charge in [-0.2, -0.15) is 0 Å². The largest absolute Gasteiger partial charge is 0.463 e. The summed E-state index contributed by atoms with van der Waals surface area (Å²) in [5, 5.41) is 11.6. The standard InChI is InChI=1S/C25H33N3O3/c29-24(25(30,22-11-4-5-12-22)21-9-2-1-3-10-21)31-18-13-20(19-28-16-6-7-17-28)23-26-14-8-15-27-23/h1-3,8-10,14-15,20,22,30H,4-7,11-13,16-19H2/t20-,25?/m0/s1. The van der Waals surface area contributed by atoms with E-state index in [-0.39, 0.29) is 18.4 Å². The van der Waals surface area contributed by atoms with E-state index in [9.17, 15) is 9.90 Å². The van der Waals surface area contributed by atoms with Gasteiger partial charge in [0.05, 0.1) is 6.61 Å². The van der Waals surface area contributed by atoms with Crippen molar-refractivity contribution in [3.8, 4) is 0 Å². The quantitative estimate of drug-likeness (QED) is 0.620. The Hall–Kier alpha value is -2.31. The van der Waals surface area contributed by atoms with Crippen LogP contribution in [0, 0.1) is 5.92 Å². The number of aromatic nitrogens is 2. The van der Waals surface area contributed by atoms with Gasteiger partial charge in [0.1, 0.15) is 5.82 Å². The lowest BCUT2D eigenvalue weighted by molar-refractivity contribution is -0.174. The molecule has 1 aromatic carbocycles. The average molecular weight is 424 g/mol. The molecule has 1 saturated heterocycles. The lowest BCUT2D eigenvalue weighted by Crippen LogP contribution is -2.43. The third kappa shape index (κ3) is 5.13. The Morgan fingerprint density at radius 3 is 2.42 bits per heavy atom. The third-order valence-electron chi connectivity index (χ3n) is 6.80. The van der Waals surface area contributed by atoms with Gasteiger partial charge in [-0.25, -0.2) is 14.8 Å². The molecule has 1 saturated carbocycles. The van der Waals surface area contributed by atoms with Gasteiger partial charge in [-0.3, -0.25) is 0 Å². The van der Waals surface area contributed by atoms with E-state index in [1.807, 2.05) is 36.4 Å². The maximum Gasteiger partial charge on any atom is 0.343 e. The Kier molecular flexibility index (Phi) is 7.30. The second kappa shape index (κ2) is 10.3. The number of rotatable bonds is 9. The van der Waals surface area contributed by atoms with Gasteiger partial charge >= 0.3 is 5.97 Å². The van der Waals surface area contributed by atoms with Crippen molar-refractivity contribution in [1.82, 2.24) is 14.9 Å².